The van der Waals surface area contributed by atoms with Gasteiger partial charge in [-0.1, -0.05) is 109 Å². The number of nitrogens with zero attached hydrogens (tertiary/aromatic N) is 3. The van der Waals surface area contributed by atoms with Gasteiger partial charge in [0, 0.05) is 55.6 Å². The second-order valence-electron chi connectivity index (χ2n) is 14.6. The monoisotopic (exact) mass is 799 g/mol. The van der Waals surface area contributed by atoms with Crippen LogP contribution in [0.1, 0.15) is 22.8 Å². The van der Waals surface area contributed by atoms with Crippen molar-refractivity contribution < 1.29 is 9.18 Å². The van der Waals surface area contributed by atoms with Crippen molar-refractivity contribution >= 4 is 58.0 Å². The Kier molecular flexibility index (Phi) is 9.30. The van der Waals surface area contributed by atoms with E-state index in [4.69, 9.17) is 9.97 Å². The van der Waals surface area contributed by atoms with E-state index in [0.717, 1.165) is 66.2 Å². The van der Waals surface area contributed by atoms with Gasteiger partial charge in [-0.05, 0) is 71.3 Å². The summed E-state index contributed by atoms with van der Waals surface area (Å²) in [5.74, 6) is -1.79. The predicted octanol–water partition coefficient (Wildman–Crippen LogP) is 9.95. The van der Waals surface area contributed by atoms with Gasteiger partial charge in [0.05, 0.1) is 29.0 Å². The molecule has 8 bridgehead atoms. The highest BCUT2D eigenvalue weighted by Gasteiger charge is 2.22. The van der Waals surface area contributed by atoms with Crippen molar-refractivity contribution in [2.45, 2.75) is 6.54 Å². The minimum Gasteiger partial charge on any atom is -0.354 e. The van der Waals surface area contributed by atoms with Crippen LogP contribution >= 0.6 is 0 Å². The number of anilines is 1. The molecule has 6 heterocycles. The molecule has 0 fully saturated rings. The van der Waals surface area contributed by atoms with Gasteiger partial charge in [-0.3, -0.25) is 19.1 Å². The van der Waals surface area contributed by atoms with E-state index in [1.165, 1.54) is 0 Å². The van der Waals surface area contributed by atoms with Crippen LogP contribution in [0.3, 0.4) is 0 Å². The van der Waals surface area contributed by atoms with Crippen LogP contribution < -0.4 is 16.6 Å². The highest BCUT2D eigenvalue weighted by atomic mass is 19.1. The summed E-state index contributed by atoms with van der Waals surface area (Å²) < 4.78 is 15.0. The van der Waals surface area contributed by atoms with Crippen LogP contribution in [0.25, 0.3) is 90.9 Å². The third-order valence-corrected chi connectivity index (χ3v) is 10.7. The van der Waals surface area contributed by atoms with Gasteiger partial charge in [-0.25, -0.2) is 14.8 Å². The molecule has 10 nitrogen and oxygen atoms in total. The van der Waals surface area contributed by atoms with E-state index in [1.54, 1.807) is 12.1 Å². The Balaban J connectivity index is 1.28. The summed E-state index contributed by atoms with van der Waals surface area (Å²) in [6, 6.07) is 46.1. The topological polar surface area (TPSA) is 141 Å². The smallest absolute Gasteiger partial charge is 0.328 e. The van der Waals surface area contributed by atoms with Crippen molar-refractivity contribution in [3.63, 3.8) is 0 Å². The molecule has 8 aromatic rings. The maximum absolute atomic E-state index is 14.1. The molecule has 1 amide bonds. The number of amides is 1. The highest BCUT2D eigenvalue weighted by Crippen LogP contribution is 2.40. The Morgan fingerprint density at radius 1 is 0.525 bits per heavy atom. The van der Waals surface area contributed by atoms with Crippen molar-refractivity contribution in [1.82, 2.24) is 29.5 Å². The minimum atomic E-state index is -1.18. The Bertz CT molecular complexity index is 3250. The number of nitrogens with one attached hydrogen (secondary N) is 4. The number of benzene rings is 4. The molecule has 0 radical (unpaired) electrons. The predicted molar refractivity (Wildman–Crippen MR) is 241 cm³/mol. The molecule has 0 atom stereocenters. The quantitative estimate of drug-likeness (QED) is 0.127. The number of hydrogen-bond donors (Lipinski definition) is 4. The summed E-state index contributed by atoms with van der Waals surface area (Å²) in [5, 5.41) is 2.91. The molecule has 11 heteroatoms. The van der Waals surface area contributed by atoms with Crippen LogP contribution in [0.4, 0.5) is 10.1 Å². The Morgan fingerprint density at radius 3 is 1.46 bits per heavy atom. The van der Waals surface area contributed by atoms with E-state index in [-0.39, 0.29) is 0 Å². The fourth-order valence-electron chi connectivity index (χ4n) is 7.97. The van der Waals surface area contributed by atoms with E-state index < -0.39 is 29.5 Å². The number of carbonyl (C=O) groups excluding carboxylic acids is 1. The van der Waals surface area contributed by atoms with Crippen molar-refractivity contribution in [3.05, 3.63) is 195 Å². The van der Waals surface area contributed by atoms with Gasteiger partial charge in [0.15, 0.2) is 0 Å². The van der Waals surface area contributed by atoms with Gasteiger partial charge >= 0.3 is 5.69 Å². The first-order valence-corrected chi connectivity index (χ1v) is 19.6. The maximum atomic E-state index is 14.1. The lowest BCUT2D eigenvalue weighted by Crippen LogP contribution is -2.34. The van der Waals surface area contributed by atoms with Crippen molar-refractivity contribution in [2.75, 3.05) is 5.32 Å². The van der Waals surface area contributed by atoms with E-state index in [2.05, 4.69) is 75.9 Å². The van der Waals surface area contributed by atoms with Crippen LogP contribution in [-0.4, -0.2) is 35.4 Å². The Labute approximate surface area is 347 Å². The third-order valence-electron chi connectivity index (χ3n) is 10.7. The van der Waals surface area contributed by atoms with E-state index in [1.807, 2.05) is 96.0 Å². The van der Waals surface area contributed by atoms with Gasteiger partial charge in [0.2, 0.25) is 11.7 Å². The minimum absolute atomic E-state index is 0.412. The van der Waals surface area contributed by atoms with Crippen molar-refractivity contribution in [2.24, 2.45) is 0 Å². The number of H-pyrrole nitrogens is 3. The first kappa shape index (κ1) is 36.9. The molecule has 0 saturated heterocycles. The number of halogens is 1. The average molecular weight is 800 g/mol. The lowest BCUT2D eigenvalue weighted by molar-refractivity contribution is -0.116. The highest BCUT2D eigenvalue weighted by molar-refractivity contribution is 6.02. The van der Waals surface area contributed by atoms with E-state index >= 15 is 0 Å². The zero-order chi connectivity index (χ0) is 41.5. The largest absolute Gasteiger partial charge is 0.354 e. The molecule has 0 aliphatic carbocycles. The third kappa shape index (κ3) is 6.99. The van der Waals surface area contributed by atoms with Crippen LogP contribution in [0.15, 0.2) is 155 Å². The zero-order valence-electron chi connectivity index (χ0n) is 32.3. The van der Waals surface area contributed by atoms with Gasteiger partial charge in [-0.2, -0.15) is 4.39 Å². The first-order valence-electron chi connectivity index (χ1n) is 19.6. The van der Waals surface area contributed by atoms with E-state index in [0.29, 0.717) is 39.6 Å². The summed E-state index contributed by atoms with van der Waals surface area (Å²) in [6.45, 7) is -0.543. The molecule has 2 aliphatic rings. The number of fused-ring (bicyclic) bond motifs is 8. The lowest BCUT2D eigenvalue weighted by atomic mass is 10.00. The maximum Gasteiger partial charge on any atom is 0.328 e. The SMILES string of the molecule is O=C(Cn1cc(F)c(=O)[nH]c1=O)Nc1ccccc1-c1c2nc(c(-c3ccccc3)c3ccc([nH]3)c(-c3ccccc3)c3ccc([nH]3)c(-c3ccccc3)c3nc1C=C3)C=C2. The molecule has 61 heavy (non-hydrogen) atoms. The molecule has 0 saturated carbocycles. The van der Waals surface area contributed by atoms with Crippen LogP contribution in [0.5, 0.6) is 0 Å². The van der Waals surface area contributed by atoms with Crippen LogP contribution in [-0.2, 0) is 11.3 Å². The summed E-state index contributed by atoms with van der Waals surface area (Å²) in [5.41, 5.74) is 11.6. The fraction of sp³-hybridized carbons (Fsp3) is 0.0200. The van der Waals surface area contributed by atoms with Crippen LogP contribution in [0, 0.1) is 5.82 Å². The number of hydrogen-bond acceptors (Lipinski definition) is 5. The molecule has 2 aliphatic heterocycles. The first-order chi connectivity index (χ1) is 29.9. The second kappa shape index (κ2) is 15.4. The molecule has 294 valence electrons. The van der Waals surface area contributed by atoms with Gasteiger partial charge in [-0.15, -0.1) is 0 Å². The van der Waals surface area contributed by atoms with Gasteiger partial charge < -0.3 is 15.3 Å². The molecule has 4 N–H and O–H groups in total. The molecular weight excluding hydrogens is 766 g/mol. The summed E-state index contributed by atoms with van der Waals surface area (Å²) >= 11 is 0. The molecule has 10 rings (SSSR count). The normalized spacial score (nSPS) is 11.8. The molecule has 0 spiro atoms. The second-order valence-corrected chi connectivity index (χ2v) is 14.6. The average Bonchev–Trinajstić information content (AvgIpc) is 4.13. The molecule has 4 aromatic heterocycles. The van der Waals surface area contributed by atoms with Crippen molar-refractivity contribution in [1.29, 1.82) is 0 Å². The summed E-state index contributed by atoms with van der Waals surface area (Å²) in [6.07, 6.45) is 8.59. The van der Waals surface area contributed by atoms with Crippen molar-refractivity contribution in [3.8, 4) is 44.5 Å². The fourth-order valence-corrected chi connectivity index (χ4v) is 7.97. The van der Waals surface area contributed by atoms with Gasteiger partial charge in [0.25, 0.3) is 5.56 Å². The lowest BCUT2D eigenvalue weighted by Gasteiger charge is -2.13. The summed E-state index contributed by atoms with van der Waals surface area (Å²) in [4.78, 5) is 57.7. The standard InChI is InChI=1S/C50H34FN7O3/c51-34-28-58(50(61)57-49(34)60)29-44(59)56-35-19-11-10-18-33(35)48-42-26-24-40(54-42)46(31-14-6-2-7-15-31)38-22-20-36(52-38)45(30-12-4-1-5-13-30)37-21-23-39(53-37)47(32-16-8-3-9-17-32)41-25-27-43(48)55-41/h1-28,52-53H,29H2,(H,56,59)(H,57,60,61). The van der Waals surface area contributed by atoms with Crippen LogP contribution in [0.2, 0.25) is 0 Å². The molecule has 4 aromatic carbocycles. The number of aromatic nitrogens is 6. The van der Waals surface area contributed by atoms with E-state index in [9.17, 15) is 18.8 Å². The number of para-hydroxylation sites is 1. The number of rotatable bonds is 7. The molecular formula is C50H34FN7O3. The Hall–Kier alpha value is -8.44. The number of carbonyl (C=O) groups is 1. The summed E-state index contributed by atoms with van der Waals surface area (Å²) in [7, 11) is 0. The Morgan fingerprint density at radius 2 is 0.951 bits per heavy atom. The number of aromatic amines is 3. The van der Waals surface area contributed by atoms with Gasteiger partial charge in [0.1, 0.15) is 6.54 Å². The zero-order valence-corrected chi connectivity index (χ0v) is 32.3. The molecule has 0 unspecified atom stereocenters.